The molecule has 114 valence electrons. The van der Waals surface area contributed by atoms with Crippen molar-refractivity contribution in [3.05, 3.63) is 48.6 Å². The second-order valence-electron chi connectivity index (χ2n) is 5.43. The molecule has 0 bridgehead atoms. The summed E-state index contributed by atoms with van der Waals surface area (Å²) in [5.41, 5.74) is 1.19. The van der Waals surface area contributed by atoms with Gasteiger partial charge in [0.25, 0.3) is 0 Å². The van der Waals surface area contributed by atoms with Crippen LogP contribution in [0.1, 0.15) is 18.4 Å². The first-order valence-electron chi connectivity index (χ1n) is 7.55. The Hall–Kier alpha value is -1.81. The number of hydrogen-bond acceptors (Lipinski definition) is 2. The van der Waals surface area contributed by atoms with E-state index in [1.807, 2.05) is 23.1 Å². The fraction of sp³-hybridized carbons (Fsp3) is 0.471. The lowest BCUT2D eigenvalue weighted by molar-refractivity contribution is 0.0592. The molecule has 1 N–H and O–H groups in total. The Balaban J connectivity index is 1.71. The summed E-state index contributed by atoms with van der Waals surface area (Å²) in [4.78, 5) is 13.8. The fourth-order valence-electron chi connectivity index (χ4n) is 2.57. The predicted molar refractivity (Wildman–Crippen MR) is 84.0 cm³/mol. The number of benzene rings is 1. The number of nitrogens with zero attached hydrogens (tertiary/aromatic N) is 1. The first kappa shape index (κ1) is 15.6. The molecular weight excluding hydrogens is 264 g/mol. The third kappa shape index (κ3) is 5.23. The van der Waals surface area contributed by atoms with Gasteiger partial charge in [0.2, 0.25) is 0 Å². The molecule has 1 heterocycles. The molecule has 1 aliphatic rings. The van der Waals surface area contributed by atoms with Crippen LogP contribution in [0.15, 0.2) is 43.0 Å². The molecule has 21 heavy (non-hydrogen) atoms. The lowest BCUT2D eigenvalue weighted by Crippen LogP contribution is -2.46. The number of piperidine rings is 1. The summed E-state index contributed by atoms with van der Waals surface area (Å²) in [6, 6.07) is 10.2. The van der Waals surface area contributed by atoms with Gasteiger partial charge in [-0.2, -0.15) is 0 Å². The van der Waals surface area contributed by atoms with Gasteiger partial charge in [-0.05, 0) is 18.4 Å². The third-order valence-corrected chi connectivity index (χ3v) is 3.67. The molecule has 2 rings (SSSR count). The maximum absolute atomic E-state index is 11.9. The average Bonchev–Trinajstić information content (AvgIpc) is 2.54. The van der Waals surface area contributed by atoms with E-state index in [2.05, 4.69) is 24.0 Å². The standard InChI is InChI=1S/C17H24N2O2/c1-2-10-18-17(20)19-11-6-9-16(12-19)14-21-13-15-7-4-3-5-8-15/h2-5,7-8,16H,1,6,9-14H2,(H,18,20). The zero-order valence-corrected chi connectivity index (χ0v) is 12.5. The van der Waals surface area contributed by atoms with Crippen LogP contribution >= 0.6 is 0 Å². The molecule has 1 fully saturated rings. The minimum Gasteiger partial charge on any atom is -0.376 e. The lowest BCUT2D eigenvalue weighted by atomic mass is 9.99. The highest BCUT2D eigenvalue weighted by molar-refractivity contribution is 5.74. The van der Waals surface area contributed by atoms with E-state index in [4.69, 9.17) is 4.74 Å². The minimum atomic E-state index is 0.00246. The van der Waals surface area contributed by atoms with Crippen LogP contribution < -0.4 is 5.32 Å². The van der Waals surface area contributed by atoms with Crippen molar-refractivity contribution >= 4 is 6.03 Å². The topological polar surface area (TPSA) is 41.6 Å². The second-order valence-corrected chi connectivity index (χ2v) is 5.43. The largest absolute Gasteiger partial charge is 0.376 e. The van der Waals surface area contributed by atoms with Gasteiger partial charge in [-0.25, -0.2) is 4.79 Å². The highest BCUT2D eigenvalue weighted by atomic mass is 16.5. The van der Waals surface area contributed by atoms with Crippen LogP contribution in [0.4, 0.5) is 4.79 Å². The third-order valence-electron chi connectivity index (χ3n) is 3.67. The van der Waals surface area contributed by atoms with Crippen molar-refractivity contribution in [2.75, 3.05) is 26.2 Å². The molecule has 0 saturated carbocycles. The lowest BCUT2D eigenvalue weighted by Gasteiger charge is -2.32. The average molecular weight is 288 g/mol. The maximum Gasteiger partial charge on any atom is 0.317 e. The van der Waals surface area contributed by atoms with Crippen molar-refractivity contribution in [3.63, 3.8) is 0 Å². The summed E-state index contributed by atoms with van der Waals surface area (Å²) < 4.78 is 5.79. The van der Waals surface area contributed by atoms with Crippen LogP contribution in [0.25, 0.3) is 0 Å². The zero-order chi connectivity index (χ0) is 14.9. The van der Waals surface area contributed by atoms with Crippen LogP contribution in [0.5, 0.6) is 0 Å². The molecule has 2 amide bonds. The van der Waals surface area contributed by atoms with Crippen molar-refractivity contribution in [3.8, 4) is 0 Å². The minimum absolute atomic E-state index is 0.00246. The summed E-state index contributed by atoms with van der Waals surface area (Å²) >= 11 is 0. The first-order chi connectivity index (χ1) is 10.3. The second kappa shape index (κ2) is 8.47. The van der Waals surface area contributed by atoms with Crippen LogP contribution in [0.3, 0.4) is 0 Å². The normalized spacial score (nSPS) is 18.3. The highest BCUT2D eigenvalue weighted by Crippen LogP contribution is 2.17. The van der Waals surface area contributed by atoms with Gasteiger partial charge in [0.15, 0.2) is 0 Å². The molecule has 0 radical (unpaired) electrons. The molecule has 0 aliphatic carbocycles. The molecule has 4 nitrogen and oxygen atoms in total. The Morgan fingerprint density at radius 1 is 1.43 bits per heavy atom. The van der Waals surface area contributed by atoms with Crippen molar-refractivity contribution in [1.82, 2.24) is 10.2 Å². The predicted octanol–water partition coefficient (Wildman–Crippen LogP) is 2.81. The fourth-order valence-corrected chi connectivity index (χ4v) is 2.57. The molecule has 4 heteroatoms. The van der Waals surface area contributed by atoms with E-state index in [1.54, 1.807) is 6.08 Å². The summed E-state index contributed by atoms with van der Waals surface area (Å²) in [6.07, 6.45) is 3.86. The number of carbonyl (C=O) groups is 1. The smallest absolute Gasteiger partial charge is 0.317 e. The summed E-state index contributed by atoms with van der Waals surface area (Å²) in [5, 5.41) is 2.83. The van der Waals surface area contributed by atoms with E-state index in [0.29, 0.717) is 25.7 Å². The van der Waals surface area contributed by atoms with Crippen molar-refractivity contribution in [2.24, 2.45) is 5.92 Å². The van der Waals surface area contributed by atoms with Crippen molar-refractivity contribution < 1.29 is 9.53 Å². The zero-order valence-electron chi connectivity index (χ0n) is 12.5. The van der Waals surface area contributed by atoms with E-state index in [-0.39, 0.29) is 6.03 Å². The molecule has 0 aromatic heterocycles. The van der Waals surface area contributed by atoms with Gasteiger partial charge in [0.05, 0.1) is 13.2 Å². The summed E-state index contributed by atoms with van der Waals surface area (Å²) in [7, 11) is 0. The number of rotatable bonds is 6. The Morgan fingerprint density at radius 2 is 2.24 bits per heavy atom. The molecule has 1 atom stereocenters. The van der Waals surface area contributed by atoms with E-state index < -0.39 is 0 Å². The SMILES string of the molecule is C=CCNC(=O)N1CCCC(COCc2ccccc2)C1. The maximum atomic E-state index is 11.9. The molecule has 0 spiro atoms. The van der Waals surface area contributed by atoms with E-state index in [9.17, 15) is 4.79 Å². The highest BCUT2D eigenvalue weighted by Gasteiger charge is 2.23. The van der Waals surface area contributed by atoms with Gasteiger partial charge >= 0.3 is 6.03 Å². The van der Waals surface area contributed by atoms with Gasteiger partial charge in [-0.1, -0.05) is 36.4 Å². The number of urea groups is 1. The molecular formula is C17H24N2O2. The number of hydrogen-bond donors (Lipinski definition) is 1. The quantitative estimate of drug-likeness (QED) is 0.818. The molecule has 1 aliphatic heterocycles. The molecule has 1 aromatic carbocycles. The number of amides is 2. The van der Waals surface area contributed by atoms with E-state index >= 15 is 0 Å². The van der Waals surface area contributed by atoms with Gasteiger partial charge in [-0.15, -0.1) is 6.58 Å². The number of ether oxygens (including phenoxy) is 1. The Morgan fingerprint density at radius 3 is 3.00 bits per heavy atom. The van der Waals surface area contributed by atoms with Crippen LogP contribution in [-0.2, 0) is 11.3 Å². The van der Waals surface area contributed by atoms with Gasteiger partial charge in [0, 0.05) is 25.6 Å². The van der Waals surface area contributed by atoms with Gasteiger partial charge in [0.1, 0.15) is 0 Å². The Bertz CT molecular complexity index is 447. The van der Waals surface area contributed by atoms with Crippen molar-refractivity contribution in [2.45, 2.75) is 19.4 Å². The number of likely N-dealkylation sites (tertiary alicyclic amines) is 1. The van der Waals surface area contributed by atoms with E-state index in [1.165, 1.54) is 5.56 Å². The van der Waals surface area contributed by atoms with Crippen LogP contribution in [-0.4, -0.2) is 37.2 Å². The van der Waals surface area contributed by atoms with Crippen LogP contribution in [0.2, 0.25) is 0 Å². The van der Waals surface area contributed by atoms with Crippen LogP contribution in [0, 0.1) is 5.92 Å². The van der Waals surface area contributed by atoms with E-state index in [0.717, 1.165) is 25.9 Å². The molecule has 1 saturated heterocycles. The van der Waals surface area contributed by atoms with Gasteiger partial charge < -0.3 is 15.0 Å². The Kier molecular flexibility index (Phi) is 6.28. The Labute approximate surface area is 126 Å². The summed E-state index contributed by atoms with van der Waals surface area (Å²) in [5.74, 6) is 0.428. The van der Waals surface area contributed by atoms with Crippen molar-refractivity contribution in [1.29, 1.82) is 0 Å². The first-order valence-corrected chi connectivity index (χ1v) is 7.55. The van der Waals surface area contributed by atoms with Gasteiger partial charge in [-0.3, -0.25) is 0 Å². The summed E-state index contributed by atoms with van der Waals surface area (Å²) in [6.45, 7) is 7.08. The molecule has 1 unspecified atom stereocenters. The molecule has 1 aromatic rings. The number of nitrogens with one attached hydrogen (secondary N) is 1. The monoisotopic (exact) mass is 288 g/mol. The number of carbonyl (C=O) groups excluding carboxylic acids is 1.